The van der Waals surface area contributed by atoms with Crippen LogP contribution in [0.25, 0.3) is 0 Å². The minimum Gasteiger partial charge on any atom is -0.388 e. The molecule has 2 N–H and O–H groups in total. The van der Waals surface area contributed by atoms with Crippen LogP contribution in [0, 0.1) is 3.57 Å². The number of hydrogen-bond donors (Lipinski definition) is 1. The lowest BCUT2D eigenvalue weighted by Gasteiger charge is -2.11. The van der Waals surface area contributed by atoms with Gasteiger partial charge in [-0.3, -0.25) is 0 Å². The van der Waals surface area contributed by atoms with Gasteiger partial charge in [0.1, 0.15) is 5.82 Å². The van der Waals surface area contributed by atoms with Gasteiger partial charge < -0.3 is 10.5 Å². The second kappa shape index (κ2) is 4.55. The summed E-state index contributed by atoms with van der Waals surface area (Å²) >= 11 is 1.47. The summed E-state index contributed by atoms with van der Waals surface area (Å²) in [7, 11) is 0. The Bertz CT molecular complexity index is 395. The minimum atomic E-state index is -4.99. The summed E-state index contributed by atoms with van der Waals surface area (Å²) < 4.78 is 63.5. The third kappa shape index (κ3) is 3.32. The number of nitrogens with two attached hydrogens (primary N) is 1. The second-order valence-corrected chi connectivity index (χ2v) is 3.68. The predicted octanol–water partition coefficient (Wildman–Crippen LogP) is 3.10. The topological polar surface area (TPSA) is 48.1 Å². The van der Waals surface area contributed by atoms with E-state index in [1.54, 1.807) is 0 Å². The first-order valence-electron chi connectivity index (χ1n) is 3.70. The molecule has 3 nitrogen and oxygen atoms in total. The highest BCUT2D eigenvalue weighted by Crippen LogP contribution is 2.32. The quantitative estimate of drug-likeness (QED) is 0.656. The van der Waals surface area contributed by atoms with Crippen molar-refractivity contribution in [2.24, 2.45) is 0 Å². The molecule has 0 spiro atoms. The van der Waals surface area contributed by atoms with Crippen LogP contribution in [0.1, 0.15) is 12.0 Å². The number of aromatic nitrogens is 1. The molecule has 0 amide bonds. The molecule has 1 heterocycles. The van der Waals surface area contributed by atoms with Gasteiger partial charge in [-0.1, -0.05) is 0 Å². The third-order valence-corrected chi connectivity index (χ3v) is 2.62. The molecule has 0 unspecified atom stereocenters. The Balaban J connectivity index is 3.14. The monoisotopic (exact) mass is 354 g/mol. The van der Waals surface area contributed by atoms with Crippen LogP contribution in [0.15, 0.2) is 6.07 Å². The summed E-state index contributed by atoms with van der Waals surface area (Å²) in [5.74, 6) is -1.43. The molecule has 0 saturated heterocycles. The fraction of sp³-hybridized carbons (Fsp3) is 0.286. The van der Waals surface area contributed by atoms with Crippen LogP contribution in [-0.2, 0) is 0 Å². The summed E-state index contributed by atoms with van der Waals surface area (Å²) in [5, 5.41) is 0. The second-order valence-electron chi connectivity index (χ2n) is 2.60. The molecule has 1 aromatic heterocycles. The maximum absolute atomic E-state index is 12.4. The molecular formula is C7H4F5IN2O. The van der Waals surface area contributed by atoms with E-state index in [1.165, 1.54) is 22.6 Å². The summed E-state index contributed by atoms with van der Waals surface area (Å²) in [5.41, 5.74) is 4.53. The lowest BCUT2D eigenvalue weighted by Crippen LogP contribution is -2.18. The fourth-order valence-electron chi connectivity index (χ4n) is 0.874. The molecule has 0 radical (unpaired) electrons. The highest BCUT2D eigenvalue weighted by atomic mass is 127. The Morgan fingerprint density at radius 1 is 1.38 bits per heavy atom. The van der Waals surface area contributed by atoms with E-state index in [2.05, 4.69) is 9.72 Å². The number of nitrogens with zero attached hydrogens (tertiary/aromatic N) is 1. The zero-order valence-corrected chi connectivity index (χ0v) is 9.51. The number of anilines is 1. The van der Waals surface area contributed by atoms with Crippen LogP contribution < -0.4 is 10.5 Å². The molecule has 0 aromatic carbocycles. The average Bonchev–Trinajstić information content (AvgIpc) is 2.07. The molecule has 90 valence electrons. The van der Waals surface area contributed by atoms with Gasteiger partial charge in [0.2, 0.25) is 5.88 Å². The summed E-state index contributed by atoms with van der Waals surface area (Å²) in [6, 6.07) is 0.510. The molecule has 0 fully saturated rings. The van der Waals surface area contributed by atoms with Crippen molar-refractivity contribution in [3.05, 3.63) is 15.2 Å². The van der Waals surface area contributed by atoms with Crippen molar-refractivity contribution in [3.63, 3.8) is 0 Å². The van der Waals surface area contributed by atoms with E-state index < -0.39 is 30.0 Å². The number of nitrogen functional groups attached to an aromatic ring is 1. The highest BCUT2D eigenvalue weighted by Gasteiger charge is 2.32. The van der Waals surface area contributed by atoms with Crippen molar-refractivity contribution >= 4 is 28.4 Å². The van der Waals surface area contributed by atoms with E-state index in [4.69, 9.17) is 5.73 Å². The van der Waals surface area contributed by atoms with Crippen LogP contribution in [-0.4, -0.2) is 11.3 Å². The Labute approximate surface area is 99.9 Å². The Hall–Kier alpha value is -0.870. The molecule has 0 aliphatic carbocycles. The molecule has 9 heteroatoms. The third-order valence-electron chi connectivity index (χ3n) is 1.44. The number of hydrogen-bond acceptors (Lipinski definition) is 3. The van der Waals surface area contributed by atoms with E-state index in [0.717, 1.165) is 0 Å². The largest absolute Gasteiger partial charge is 0.574 e. The van der Waals surface area contributed by atoms with Gasteiger partial charge in [0, 0.05) is 11.6 Å². The van der Waals surface area contributed by atoms with Crippen LogP contribution in [0.2, 0.25) is 0 Å². The van der Waals surface area contributed by atoms with Gasteiger partial charge in [-0.05, 0) is 22.6 Å². The van der Waals surface area contributed by atoms with Gasteiger partial charge in [0.15, 0.2) is 0 Å². The number of rotatable bonds is 2. The van der Waals surface area contributed by atoms with Gasteiger partial charge in [-0.25, -0.2) is 8.78 Å². The molecule has 0 saturated carbocycles. The Morgan fingerprint density at radius 3 is 2.38 bits per heavy atom. The molecule has 16 heavy (non-hydrogen) atoms. The zero-order valence-electron chi connectivity index (χ0n) is 7.36. The maximum Gasteiger partial charge on any atom is 0.574 e. The first kappa shape index (κ1) is 13.2. The number of ether oxygens (including phenoxy) is 1. The first-order chi connectivity index (χ1) is 7.20. The van der Waals surface area contributed by atoms with Crippen molar-refractivity contribution in [1.82, 2.24) is 4.98 Å². The van der Waals surface area contributed by atoms with Crippen molar-refractivity contribution in [2.75, 3.05) is 5.73 Å². The summed E-state index contributed by atoms with van der Waals surface area (Å²) in [4.78, 5) is 3.20. The molecule has 0 atom stereocenters. The van der Waals surface area contributed by atoms with E-state index in [1.807, 2.05) is 0 Å². The molecule has 0 aliphatic rings. The van der Waals surface area contributed by atoms with Crippen molar-refractivity contribution in [2.45, 2.75) is 12.8 Å². The standard InChI is InChI=1S/C7H4F5IN2O/c8-5(9)2-1-3(16-7(10,11)12)15-6(14)4(2)13/h1,5H,(H2,14,15). The van der Waals surface area contributed by atoms with Gasteiger partial charge in [-0.2, -0.15) is 4.98 Å². The number of halogens is 6. The lowest BCUT2D eigenvalue weighted by atomic mass is 10.2. The smallest absolute Gasteiger partial charge is 0.388 e. The Morgan fingerprint density at radius 2 is 1.94 bits per heavy atom. The lowest BCUT2D eigenvalue weighted by molar-refractivity contribution is -0.276. The molecule has 1 aromatic rings. The molecular weight excluding hydrogens is 350 g/mol. The van der Waals surface area contributed by atoms with E-state index in [0.29, 0.717) is 6.07 Å². The zero-order chi connectivity index (χ0) is 12.5. The molecule has 0 bridgehead atoms. The molecule has 1 rings (SSSR count). The van der Waals surface area contributed by atoms with Crippen molar-refractivity contribution in [3.8, 4) is 5.88 Å². The van der Waals surface area contributed by atoms with E-state index >= 15 is 0 Å². The average molecular weight is 354 g/mol. The van der Waals surface area contributed by atoms with Gasteiger partial charge in [0.05, 0.1) is 3.57 Å². The number of alkyl halides is 5. The number of pyridine rings is 1. The van der Waals surface area contributed by atoms with E-state index in [-0.39, 0.29) is 3.57 Å². The Kier molecular flexibility index (Phi) is 3.76. The van der Waals surface area contributed by atoms with Gasteiger partial charge >= 0.3 is 6.36 Å². The maximum atomic E-state index is 12.4. The van der Waals surface area contributed by atoms with Crippen molar-refractivity contribution < 1.29 is 26.7 Å². The summed E-state index contributed by atoms with van der Waals surface area (Å²) in [6.45, 7) is 0. The first-order valence-corrected chi connectivity index (χ1v) is 4.78. The van der Waals surface area contributed by atoms with Gasteiger partial charge in [0.25, 0.3) is 6.43 Å². The van der Waals surface area contributed by atoms with E-state index in [9.17, 15) is 22.0 Å². The summed E-state index contributed by atoms with van der Waals surface area (Å²) in [6.07, 6.45) is -7.95. The SMILES string of the molecule is Nc1nc(OC(F)(F)F)cc(C(F)F)c1I. The van der Waals surface area contributed by atoms with Crippen molar-refractivity contribution in [1.29, 1.82) is 0 Å². The molecule has 0 aliphatic heterocycles. The highest BCUT2D eigenvalue weighted by molar-refractivity contribution is 14.1. The minimum absolute atomic E-state index is 0.0953. The van der Waals surface area contributed by atoms with Crippen LogP contribution in [0.5, 0.6) is 5.88 Å². The van der Waals surface area contributed by atoms with Gasteiger partial charge in [-0.15, -0.1) is 13.2 Å². The van der Waals surface area contributed by atoms with Crippen LogP contribution in [0.4, 0.5) is 27.8 Å². The normalized spacial score (nSPS) is 11.9. The van der Waals surface area contributed by atoms with Crippen LogP contribution in [0.3, 0.4) is 0 Å². The fourth-order valence-corrected chi connectivity index (χ4v) is 1.39. The predicted molar refractivity (Wildman–Crippen MR) is 53.0 cm³/mol. The van der Waals surface area contributed by atoms with Crippen LogP contribution >= 0.6 is 22.6 Å².